The zero-order chi connectivity index (χ0) is 33.4. The Bertz CT molecular complexity index is 1900. The number of hydrogen-bond acceptors (Lipinski definition) is 8. The lowest BCUT2D eigenvalue weighted by Crippen LogP contribution is -2.53. The fourth-order valence-corrected chi connectivity index (χ4v) is 8.47. The number of nitrogens with one attached hydrogen (secondary N) is 1. The highest BCUT2D eigenvalue weighted by Crippen LogP contribution is 2.64. The fraction of sp³-hybridized carbons (Fsp3) is 0.286. The Morgan fingerprint density at radius 1 is 1.00 bits per heavy atom. The number of rotatable bonds is 5. The van der Waals surface area contributed by atoms with E-state index in [0.717, 1.165) is 10.6 Å². The quantitative estimate of drug-likeness (QED) is 0.269. The standard InChI is InChI=1S/C35H31ClN4O7/c1-17-8-10-20(11-9-17)38-40-31(43)24-16-23-21(12-13-22-27(23)32(44)39(30(22)42)34(37)46)28(18-14-25(36)29(41)26(15-18)47-2)35(24,33(40)45)19-6-4-3-5-7-19/h3-12,14-15,22-24,27-28,38,41H,13,16H2,1-2H3,(H2,37,46)/t22-,23+,24-,27-,28-,35+/m0/s1. The number of nitrogens with two attached hydrogens (primary N) is 1. The van der Waals surface area contributed by atoms with E-state index in [2.05, 4.69) is 5.43 Å². The number of methoxy groups -OCH3 is 1. The Morgan fingerprint density at radius 3 is 2.36 bits per heavy atom. The zero-order valence-corrected chi connectivity index (χ0v) is 26.2. The van der Waals surface area contributed by atoms with Crippen molar-refractivity contribution in [2.75, 3.05) is 12.5 Å². The van der Waals surface area contributed by atoms with Gasteiger partial charge < -0.3 is 15.6 Å². The number of halogens is 1. The predicted molar refractivity (Wildman–Crippen MR) is 170 cm³/mol. The largest absolute Gasteiger partial charge is 0.503 e. The average molecular weight is 655 g/mol. The van der Waals surface area contributed by atoms with Crippen molar-refractivity contribution in [3.63, 3.8) is 0 Å². The number of hydrazine groups is 1. The number of urea groups is 1. The molecule has 11 nitrogen and oxygen atoms in total. The van der Waals surface area contributed by atoms with Crippen molar-refractivity contribution in [2.45, 2.75) is 31.1 Å². The highest BCUT2D eigenvalue weighted by atomic mass is 35.5. The van der Waals surface area contributed by atoms with Crippen LogP contribution >= 0.6 is 11.6 Å². The Morgan fingerprint density at radius 2 is 1.70 bits per heavy atom. The molecule has 0 spiro atoms. The van der Waals surface area contributed by atoms with Crippen LogP contribution in [-0.2, 0) is 24.6 Å². The third-order valence-electron chi connectivity index (χ3n) is 10.2. The number of carbonyl (C=O) groups is 5. The third-order valence-corrected chi connectivity index (χ3v) is 10.5. The van der Waals surface area contributed by atoms with Gasteiger partial charge in [-0.15, -0.1) is 0 Å². The molecular weight excluding hydrogens is 624 g/mol. The van der Waals surface area contributed by atoms with Crippen molar-refractivity contribution in [3.05, 3.63) is 100 Å². The van der Waals surface area contributed by atoms with Crippen molar-refractivity contribution in [1.29, 1.82) is 0 Å². The van der Waals surface area contributed by atoms with E-state index in [1.807, 2.05) is 31.2 Å². The number of nitrogens with zero attached hydrogens (tertiary/aromatic N) is 2. The number of aryl methyl sites for hydroxylation is 1. The smallest absolute Gasteiger partial charge is 0.328 e. The maximum absolute atomic E-state index is 15.1. The molecule has 2 heterocycles. The molecule has 3 aromatic rings. The summed E-state index contributed by atoms with van der Waals surface area (Å²) in [6.45, 7) is 1.92. The first-order valence-electron chi connectivity index (χ1n) is 15.2. The van der Waals surface area contributed by atoms with Crippen molar-refractivity contribution in [1.82, 2.24) is 9.91 Å². The molecular formula is C35H31ClN4O7. The summed E-state index contributed by atoms with van der Waals surface area (Å²) in [6.07, 6.45) is 2.01. The molecule has 6 amide bonds. The number of benzene rings is 3. The van der Waals surface area contributed by atoms with Gasteiger partial charge in [0.05, 0.1) is 41.0 Å². The molecule has 3 aromatic carbocycles. The van der Waals surface area contributed by atoms with Gasteiger partial charge in [0, 0.05) is 5.92 Å². The van der Waals surface area contributed by atoms with Gasteiger partial charge >= 0.3 is 6.03 Å². The van der Waals surface area contributed by atoms with Gasteiger partial charge in [-0.2, -0.15) is 9.91 Å². The Balaban J connectivity index is 1.48. The van der Waals surface area contributed by atoms with E-state index in [-0.39, 0.29) is 29.4 Å². The second-order valence-corrected chi connectivity index (χ2v) is 12.9. The second kappa shape index (κ2) is 11.0. The molecule has 4 N–H and O–H groups in total. The summed E-state index contributed by atoms with van der Waals surface area (Å²) >= 11 is 6.54. The van der Waals surface area contributed by atoms with Crippen LogP contribution < -0.4 is 15.9 Å². The van der Waals surface area contributed by atoms with Crippen molar-refractivity contribution in [2.24, 2.45) is 29.4 Å². The maximum atomic E-state index is 15.1. The predicted octanol–water partition coefficient (Wildman–Crippen LogP) is 4.43. The molecule has 0 radical (unpaired) electrons. The van der Waals surface area contributed by atoms with E-state index in [1.165, 1.54) is 13.2 Å². The van der Waals surface area contributed by atoms with E-state index in [1.54, 1.807) is 42.5 Å². The van der Waals surface area contributed by atoms with Crippen molar-refractivity contribution >= 4 is 46.9 Å². The highest BCUT2D eigenvalue weighted by molar-refractivity contribution is 6.32. The highest BCUT2D eigenvalue weighted by Gasteiger charge is 2.70. The van der Waals surface area contributed by atoms with Crippen LogP contribution in [0.3, 0.4) is 0 Å². The minimum Gasteiger partial charge on any atom is -0.503 e. The molecule has 1 saturated carbocycles. The molecule has 240 valence electrons. The summed E-state index contributed by atoms with van der Waals surface area (Å²) in [5.74, 6) is -7.07. The Hall–Kier alpha value is -5.16. The van der Waals surface area contributed by atoms with Gasteiger partial charge in [-0.25, -0.2) is 4.79 Å². The molecule has 0 bridgehead atoms. The van der Waals surface area contributed by atoms with Gasteiger partial charge in [0.15, 0.2) is 11.5 Å². The number of phenolic OH excluding ortho intramolecular Hbond substituents is 1. The number of carbonyl (C=O) groups excluding carboxylic acids is 5. The molecule has 4 aliphatic rings. The minimum absolute atomic E-state index is 0.0334. The van der Waals surface area contributed by atoms with Gasteiger partial charge in [-0.1, -0.05) is 71.3 Å². The lowest BCUT2D eigenvalue weighted by Gasteiger charge is -2.50. The molecule has 3 fully saturated rings. The van der Waals surface area contributed by atoms with Gasteiger partial charge in [0.1, 0.15) is 0 Å². The minimum atomic E-state index is -1.54. The number of fused-ring (bicyclic) bond motifs is 4. The third kappa shape index (κ3) is 4.29. The maximum Gasteiger partial charge on any atom is 0.328 e. The van der Waals surface area contributed by atoms with E-state index < -0.39 is 64.7 Å². The summed E-state index contributed by atoms with van der Waals surface area (Å²) in [7, 11) is 1.37. The number of primary amides is 1. The Labute approximate surface area is 274 Å². The van der Waals surface area contributed by atoms with Crippen molar-refractivity contribution < 1.29 is 33.8 Å². The first-order valence-corrected chi connectivity index (χ1v) is 15.6. The number of ether oxygens (including phenoxy) is 1. The molecule has 12 heteroatoms. The van der Waals surface area contributed by atoms with Crippen LogP contribution in [0.25, 0.3) is 0 Å². The molecule has 47 heavy (non-hydrogen) atoms. The topological polar surface area (TPSA) is 159 Å². The van der Waals surface area contributed by atoms with Gasteiger partial charge in [-0.05, 0) is 61.1 Å². The van der Waals surface area contributed by atoms with Crippen LogP contribution in [0.5, 0.6) is 11.5 Å². The zero-order valence-electron chi connectivity index (χ0n) is 25.5. The normalized spacial score (nSPS) is 28.1. The monoisotopic (exact) mass is 654 g/mol. The van der Waals surface area contributed by atoms with Crippen molar-refractivity contribution in [3.8, 4) is 11.5 Å². The van der Waals surface area contributed by atoms with E-state index in [9.17, 15) is 24.3 Å². The molecule has 0 unspecified atom stereocenters. The fourth-order valence-electron chi connectivity index (χ4n) is 8.26. The number of amides is 6. The molecule has 0 aromatic heterocycles. The molecule has 7 rings (SSSR count). The van der Waals surface area contributed by atoms with E-state index in [4.69, 9.17) is 22.1 Å². The molecule has 6 atom stereocenters. The average Bonchev–Trinajstić information content (AvgIpc) is 3.44. The van der Waals surface area contributed by atoms with Gasteiger partial charge in [0.25, 0.3) is 11.8 Å². The summed E-state index contributed by atoms with van der Waals surface area (Å²) in [5, 5.41) is 11.7. The van der Waals surface area contributed by atoms with Crippen LogP contribution in [0.4, 0.5) is 10.5 Å². The summed E-state index contributed by atoms with van der Waals surface area (Å²) in [4.78, 5) is 69.4. The number of likely N-dealkylation sites (tertiary alicyclic amines) is 1. The number of aromatic hydroxyl groups is 1. The summed E-state index contributed by atoms with van der Waals surface area (Å²) < 4.78 is 5.46. The first kappa shape index (κ1) is 30.5. The first-order chi connectivity index (χ1) is 22.5. The number of allylic oxidation sites excluding steroid dienone is 2. The number of phenols is 1. The summed E-state index contributed by atoms with van der Waals surface area (Å²) in [6, 6.07) is 18.2. The van der Waals surface area contributed by atoms with Gasteiger partial charge in [-0.3, -0.25) is 24.6 Å². The van der Waals surface area contributed by atoms with E-state index >= 15 is 4.79 Å². The van der Waals surface area contributed by atoms with Crippen LogP contribution in [0.15, 0.2) is 78.4 Å². The van der Waals surface area contributed by atoms with E-state index in [0.29, 0.717) is 27.3 Å². The van der Waals surface area contributed by atoms with Crippen LogP contribution in [-0.4, -0.2) is 51.8 Å². The van der Waals surface area contributed by atoms with Crippen LogP contribution in [0.2, 0.25) is 5.02 Å². The molecule has 2 aliphatic carbocycles. The number of anilines is 1. The lowest BCUT2D eigenvalue weighted by atomic mass is 9.49. The molecule has 2 saturated heterocycles. The Kier molecular flexibility index (Phi) is 7.12. The number of imide groups is 4. The summed E-state index contributed by atoms with van der Waals surface area (Å²) in [5.41, 5.74) is 10.2. The molecule has 2 aliphatic heterocycles. The SMILES string of the molecule is COc1cc([C@H]2C3=CC[C@@H]4C(=O)N(C(N)=O)C(=O)[C@@H]4[C@@H]3C[C@H]3C(=O)N(Nc4ccc(C)cc4)C(=O)[C@@]23c2ccccc2)cc(Cl)c1O. The lowest BCUT2D eigenvalue weighted by molar-refractivity contribution is -0.139. The van der Waals surface area contributed by atoms with Gasteiger partial charge in [0.2, 0.25) is 11.8 Å². The van der Waals surface area contributed by atoms with Crippen LogP contribution in [0.1, 0.15) is 35.4 Å². The second-order valence-electron chi connectivity index (χ2n) is 12.5. The van der Waals surface area contributed by atoms with Crippen LogP contribution in [0, 0.1) is 30.6 Å². The number of hydrogen-bond donors (Lipinski definition) is 3.